The Morgan fingerprint density at radius 2 is 1.30 bits per heavy atom. The molecule has 0 spiro atoms. The zero-order valence-electron chi connectivity index (χ0n) is 30.8. The SMILES string of the molecule is CC[C@]12CC[C@@H](C)C[C@@H]1CC[C@@H]1[C@@H]2CC[C@]2(C)C(=O)CC[C@@H]12.CC[C@]12CC[C@@H](O)C[C@@H]1CC[C@H]1[C@@H]3CC[C@H](C(C)=O)[C@@]3(C)CC[C@@H]12. The predicted molar refractivity (Wildman–Crippen MR) is 187 cm³/mol. The van der Waals surface area contributed by atoms with Crippen molar-refractivity contribution in [3.63, 3.8) is 0 Å². The van der Waals surface area contributed by atoms with Gasteiger partial charge in [0.1, 0.15) is 11.6 Å². The van der Waals surface area contributed by atoms with Gasteiger partial charge in [0, 0.05) is 17.8 Å². The second-order valence-electron chi connectivity index (χ2n) is 19.5. The van der Waals surface area contributed by atoms with Crippen LogP contribution in [0.3, 0.4) is 0 Å². The van der Waals surface area contributed by atoms with Crippen molar-refractivity contribution in [2.24, 2.45) is 80.8 Å². The first kappa shape index (κ1) is 33.8. The summed E-state index contributed by atoms with van der Waals surface area (Å²) in [4.78, 5) is 24.7. The molecule has 0 aromatic heterocycles. The minimum atomic E-state index is -0.0475. The van der Waals surface area contributed by atoms with Gasteiger partial charge in [-0.25, -0.2) is 0 Å². The van der Waals surface area contributed by atoms with Gasteiger partial charge in [-0.05, 0) is 192 Å². The summed E-state index contributed by atoms with van der Waals surface area (Å²) < 4.78 is 0. The maximum absolute atomic E-state index is 12.5. The minimum absolute atomic E-state index is 0.0475. The maximum Gasteiger partial charge on any atom is 0.139 e. The van der Waals surface area contributed by atoms with E-state index in [1.165, 1.54) is 103 Å². The first-order chi connectivity index (χ1) is 21.9. The third-order valence-electron chi connectivity index (χ3n) is 18.5. The molecule has 3 nitrogen and oxygen atoms in total. The number of ketones is 2. The van der Waals surface area contributed by atoms with Crippen molar-refractivity contribution in [3.05, 3.63) is 0 Å². The van der Waals surface area contributed by atoms with Crippen molar-refractivity contribution in [2.75, 3.05) is 0 Å². The lowest BCUT2D eigenvalue weighted by molar-refractivity contribution is -0.144. The van der Waals surface area contributed by atoms with Crippen molar-refractivity contribution < 1.29 is 14.7 Å². The highest BCUT2D eigenvalue weighted by atomic mass is 16.3. The third kappa shape index (κ3) is 4.93. The van der Waals surface area contributed by atoms with Crippen LogP contribution in [0, 0.1) is 80.8 Å². The average Bonchev–Trinajstić information content (AvgIpc) is 3.56. The van der Waals surface area contributed by atoms with Crippen molar-refractivity contribution in [3.8, 4) is 0 Å². The van der Waals surface area contributed by atoms with E-state index in [0.29, 0.717) is 28.3 Å². The van der Waals surface area contributed by atoms with Crippen LogP contribution < -0.4 is 0 Å². The zero-order chi connectivity index (χ0) is 32.6. The van der Waals surface area contributed by atoms with Crippen LogP contribution in [0.4, 0.5) is 0 Å². The Kier molecular flexibility index (Phi) is 9.01. The van der Waals surface area contributed by atoms with Crippen LogP contribution in [0.15, 0.2) is 0 Å². The number of carbonyl (C=O) groups is 2. The van der Waals surface area contributed by atoms with Crippen LogP contribution >= 0.6 is 0 Å². The molecule has 0 aromatic carbocycles. The highest BCUT2D eigenvalue weighted by molar-refractivity contribution is 5.87. The molecule has 0 unspecified atom stereocenters. The van der Waals surface area contributed by atoms with E-state index >= 15 is 0 Å². The summed E-state index contributed by atoms with van der Waals surface area (Å²) in [6.07, 6.45) is 25.6. The quantitative estimate of drug-likeness (QED) is 0.336. The van der Waals surface area contributed by atoms with Crippen LogP contribution in [0.2, 0.25) is 0 Å². The van der Waals surface area contributed by atoms with Crippen molar-refractivity contribution in [1.82, 2.24) is 0 Å². The van der Waals surface area contributed by atoms with E-state index in [4.69, 9.17) is 0 Å². The summed E-state index contributed by atoms with van der Waals surface area (Å²) in [5.41, 5.74) is 1.48. The first-order valence-corrected chi connectivity index (χ1v) is 20.6. The van der Waals surface area contributed by atoms with Gasteiger partial charge in [-0.2, -0.15) is 0 Å². The van der Waals surface area contributed by atoms with Crippen LogP contribution in [-0.4, -0.2) is 22.8 Å². The molecule has 8 rings (SSSR count). The summed E-state index contributed by atoms with van der Waals surface area (Å²) in [6, 6.07) is 0. The predicted octanol–water partition coefficient (Wildman–Crippen LogP) is 10.6. The first-order valence-electron chi connectivity index (χ1n) is 20.6. The number of aliphatic hydroxyl groups is 1. The Hall–Kier alpha value is -0.700. The van der Waals surface area contributed by atoms with E-state index in [-0.39, 0.29) is 16.9 Å². The fourth-order valence-corrected chi connectivity index (χ4v) is 16.2. The highest BCUT2D eigenvalue weighted by Gasteiger charge is 2.62. The lowest BCUT2D eigenvalue weighted by atomic mass is 9.43. The lowest BCUT2D eigenvalue weighted by Gasteiger charge is -2.62. The fraction of sp³-hybridized carbons (Fsp3) is 0.953. The van der Waals surface area contributed by atoms with Gasteiger partial charge in [0.05, 0.1) is 6.10 Å². The molecule has 260 valence electrons. The Morgan fingerprint density at radius 1 is 0.696 bits per heavy atom. The van der Waals surface area contributed by atoms with Gasteiger partial charge in [0.2, 0.25) is 0 Å². The number of fused-ring (bicyclic) bond motifs is 10. The van der Waals surface area contributed by atoms with Gasteiger partial charge in [-0.15, -0.1) is 0 Å². The molecule has 1 N–H and O–H groups in total. The third-order valence-corrected chi connectivity index (χ3v) is 18.5. The van der Waals surface area contributed by atoms with Gasteiger partial charge in [0.15, 0.2) is 0 Å². The molecule has 8 fully saturated rings. The number of aliphatic hydroxyl groups excluding tert-OH is 1. The molecule has 0 heterocycles. The van der Waals surface area contributed by atoms with Gasteiger partial charge in [0.25, 0.3) is 0 Å². The molecule has 15 atom stereocenters. The Bertz CT molecular complexity index is 1160. The molecule has 0 saturated heterocycles. The summed E-state index contributed by atoms with van der Waals surface area (Å²) in [6.45, 7) is 13.9. The van der Waals surface area contributed by atoms with E-state index < -0.39 is 0 Å². The van der Waals surface area contributed by atoms with E-state index in [1.807, 2.05) is 6.92 Å². The second-order valence-corrected chi connectivity index (χ2v) is 19.5. The highest BCUT2D eigenvalue weighted by Crippen LogP contribution is 2.69. The van der Waals surface area contributed by atoms with Crippen LogP contribution in [0.1, 0.15) is 170 Å². The normalized spacial score (nSPS) is 54.2. The molecule has 8 saturated carbocycles. The molecule has 3 heteroatoms. The molecule has 0 radical (unpaired) electrons. The number of Topliss-reactive ketones (excluding diaryl/α,β-unsaturated/α-hetero) is 2. The Morgan fingerprint density at radius 3 is 1.96 bits per heavy atom. The molecule has 46 heavy (non-hydrogen) atoms. The number of hydrogen-bond donors (Lipinski definition) is 1. The summed E-state index contributed by atoms with van der Waals surface area (Å²) in [5.74, 6) is 9.07. The minimum Gasteiger partial charge on any atom is -0.393 e. The van der Waals surface area contributed by atoms with Crippen molar-refractivity contribution >= 4 is 11.6 Å². The number of rotatable bonds is 3. The van der Waals surface area contributed by atoms with E-state index in [9.17, 15) is 14.7 Å². The maximum atomic E-state index is 12.5. The molecule has 8 aliphatic rings. The smallest absolute Gasteiger partial charge is 0.139 e. The van der Waals surface area contributed by atoms with Crippen LogP contribution in [0.5, 0.6) is 0 Å². The molecule has 8 aliphatic carbocycles. The van der Waals surface area contributed by atoms with Crippen molar-refractivity contribution in [1.29, 1.82) is 0 Å². The largest absolute Gasteiger partial charge is 0.393 e. The van der Waals surface area contributed by atoms with Crippen molar-refractivity contribution in [2.45, 2.75) is 176 Å². The standard InChI is InChI=1S/C22H36O2.C21H34O/c1-4-22-12-9-16(24)13-15(22)5-6-17-19-8-7-18(14(2)23)21(19,3)11-10-20(17)22;1-4-21-12-9-14(2)13-15(21)5-6-16-17-7-8-19(22)20(17,3)11-10-18(16)21/h15-20,24H,4-13H2,1-3H3;14-18H,4-13H2,1-3H3/t15-,16+,17-,18+,19-,20-,21+,22-;14-,15+,16+,17+,18+,20+,21+/m01/s1. The van der Waals surface area contributed by atoms with Gasteiger partial charge in [-0.3, -0.25) is 9.59 Å². The molecular formula is C43H70O3. The topological polar surface area (TPSA) is 54.4 Å². The molecule has 0 bridgehead atoms. The number of carbonyl (C=O) groups excluding carboxylic acids is 2. The van der Waals surface area contributed by atoms with E-state index in [2.05, 4.69) is 34.6 Å². The lowest BCUT2D eigenvalue weighted by Crippen LogP contribution is -2.55. The Balaban J connectivity index is 0.000000147. The van der Waals surface area contributed by atoms with Gasteiger partial charge in [-0.1, -0.05) is 41.0 Å². The number of hydrogen-bond acceptors (Lipinski definition) is 3. The van der Waals surface area contributed by atoms with Gasteiger partial charge < -0.3 is 5.11 Å². The second kappa shape index (κ2) is 12.3. The van der Waals surface area contributed by atoms with Crippen LogP contribution in [-0.2, 0) is 9.59 Å². The molecule has 0 amide bonds. The molecule has 0 aromatic rings. The monoisotopic (exact) mass is 635 g/mol. The zero-order valence-corrected chi connectivity index (χ0v) is 30.8. The average molecular weight is 635 g/mol. The summed E-state index contributed by atoms with van der Waals surface area (Å²) >= 11 is 0. The Labute approximate surface area is 282 Å². The van der Waals surface area contributed by atoms with E-state index in [0.717, 1.165) is 78.9 Å². The fourth-order valence-electron chi connectivity index (χ4n) is 16.2. The summed E-state index contributed by atoms with van der Waals surface area (Å²) in [7, 11) is 0. The summed E-state index contributed by atoms with van der Waals surface area (Å²) in [5, 5.41) is 10.2. The van der Waals surface area contributed by atoms with E-state index in [1.54, 1.807) is 0 Å². The molecular weight excluding hydrogens is 564 g/mol. The van der Waals surface area contributed by atoms with Crippen LogP contribution in [0.25, 0.3) is 0 Å². The molecule has 0 aliphatic heterocycles. The van der Waals surface area contributed by atoms with Gasteiger partial charge >= 0.3 is 0 Å².